The van der Waals surface area contributed by atoms with Crippen molar-refractivity contribution >= 4 is 11.8 Å². The van der Waals surface area contributed by atoms with Crippen LogP contribution in [0.25, 0.3) is 0 Å². The van der Waals surface area contributed by atoms with Crippen LogP contribution in [-0.2, 0) is 5.75 Å². The molecule has 1 aromatic carbocycles. The Hall–Kier alpha value is -1.49. The summed E-state index contributed by atoms with van der Waals surface area (Å²) < 4.78 is 1.67. The van der Waals surface area contributed by atoms with E-state index in [1.807, 2.05) is 32.0 Å². The molecule has 0 atom stereocenters. The summed E-state index contributed by atoms with van der Waals surface area (Å²) in [7, 11) is 0. The molecule has 17 heavy (non-hydrogen) atoms. The Bertz CT molecular complexity index is 530. The highest BCUT2D eigenvalue weighted by molar-refractivity contribution is 7.98. The predicted molar refractivity (Wildman–Crippen MR) is 69.2 cm³/mol. The molecule has 0 bridgehead atoms. The zero-order valence-electron chi connectivity index (χ0n) is 9.88. The third-order valence-corrected chi connectivity index (χ3v) is 3.42. The van der Waals surface area contributed by atoms with Crippen molar-refractivity contribution in [2.75, 3.05) is 0 Å². The Kier molecular flexibility index (Phi) is 3.68. The second-order valence-electron chi connectivity index (χ2n) is 4.05. The second-order valence-corrected chi connectivity index (χ2v) is 4.99. The van der Waals surface area contributed by atoms with Crippen LogP contribution >= 0.6 is 11.8 Å². The molecule has 2 aromatic rings. The summed E-state index contributed by atoms with van der Waals surface area (Å²) in [6.45, 7) is 3.95. The van der Waals surface area contributed by atoms with Crippen LogP contribution in [-0.4, -0.2) is 14.8 Å². The van der Waals surface area contributed by atoms with Gasteiger partial charge >= 0.3 is 5.69 Å². The molecule has 0 aliphatic rings. The third kappa shape index (κ3) is 2.79. The summed E-state index contributed by atoms with van der Waals surface area (Å²) in [5, 5.41) is 7.28. The number of hydrogen-bond donors (Lipinski definition) is 1. The fraction of sp³-hybridized carbons (Fsp3) is 0.333. The van der Waals surface area contributed by atoms with Gasteiger partial charge in [-0.1, -0.05) is 42.1 Å². The molecule has 0 aliphatic carbocycles. The molecule has 0 spiro atoms. The van der Waals surface area contributed by atoms with Gasteiger partial charge in [-0.2, -0.15) is 0 Å². The minimum Gasteiger partial charge on any atom is -0.268 e. The lowest BCUT2D eigenvalue weighted by Crippen LogP contribution is -2.19. The number of nitrogens with one attached hydrogen (secondary N) is 1. The largest absolute Gasteiger partial charge is 0.344 e. The van der Waals surface area contributed by atoms with Crippen molar-refractivity contribution in [1.82, 2.24) is 14.8 Å². The van der Waals surface area contributed by atoms with E-state index in [2.05, 4.69) is 22.3 Å². The number of thioether (sulfide) groups is 1. The van der Waals surface area contributed by atoms with Crippen LogP contribution in [0.5, 0.6) is 0 Å². The lowest BCUT2D eigenvalue weighted by molar-refractivity contribution is 0.534. The van der Waals surface area contributed by atoms with Crippen molar-refractivity contribution in [1.29, 1.82) is 0 Å². The van der Waals surface area contributed by atoms with Gasteiger partial charge in [0.1, 0.15) is 0 Å². The lowest BCUT2D eigenvalue weighted by Gasteiger charge is -2.08. The summed E-state index contributed by atoms with van der Waals surface area (Å²) >= 11 is 1.57. The zero-order valence-corrected chi connectivity index (χ0v) is 10.7. The molecule has 0 saturated heterocycles. The van der Waals surface area contributed by atoms with Crippen LogP contribution in [0.15, 0.2) is 40.3 Å². The average molecular weight is 249 g/mol. The molecule has 1 heterocycles. The molecular formula is C12H15N3OS. The number of rotatable bonds is 4. The van der Waals surface area contributed by atoms with Crippen molar-refractivity contribution in [2.24, 2.45) is 0 Å². The van der Waals surface area contributed by atoms with Gasteiger partial charge in [-0.25, -0.2) is 9.89 Å². The van der Waals surface area contributed by atoms with Crippen LogP contribution in [0.2, 0.25) is 0 Å². The van der Waals surface area contributed by atoms with Gasteiger partial charge in [0, 0.05) is 11.8 Å². The quantitative estimate of drug-likeness (QED) is 0.847. The molecule has 0 unspecified atom stereocenters. The molecule has 90 valence electrons. The van der Waals surface area contributed by atoms with Gasteiger partial charge < -0.3 is 0 Å². The van der Waals surface area contributed by atoms with E-state index in [1.165, 1.54) is 5.56 Å². The van der Waals surface area contributed by atoms with Crippen molar-refractivity contribution in [3.63, 3.8) is 0 Å². The van der Waals surface area contributed by atoms with Gasteiger partial charge in [0.2, 0.25) is 0 Å². The van der Waals surface area contributed by atoms with Gasteiger partial charge in [0.25, 0.3) is 0 Å². The first-order valence-electron chi connectivity index (χ1n) is 5.52. The van der Waals surface area contributed by atoms with Gasteiger partial charge in [-0.15, -0.1) is 5.10 Å². The molecule has 0 saturated carbocycles. The van der Waals surface area contributed by atoms with E-state index in [1.54, 1.807) is 16.3 Å². The molecule has 5 heteroatoms. The topological polar surface area (TPSA) is 50.7 Å². The first-order valence-corrected chi connectivity index (χ1v) is 6.50. The molecule has 0 radical (unpaired) electrons. The fourth-order valence-electron chi connectivity index (χ4n) is 1.57. The van der Waals surface area contributed by atoms with Crippen LogP contribution in [0.4, 0.5) is 0 Å². The highest BCUT2D eigenvalue weighted by Gasteiger charge is 2.11. The second kappa shape index (κ2) is 5.23. The maximum atomic E-state index is 11.5. The highest BCUT2D eigenvalue weighted by atomic mass is 32.2. The number of benzene rings is 1. The number of nitrogens with zero attached hydrogens (tertiary/aromatic N) is 2. The van der Waals surface area contributed by atoms with E-state index in [9.17, 15) is 4.79 Å². The fourth-order valence-corrected chi connectivity index (χ4v) is 2.60. The first kappa shape index (κ1) is 12.0. The van der Waals surface area contributed by atoms with Gasteiger partial charge in [-0.3, -0.25) is 4.57 Å². The lowest BCUT2D eigenvalue weighted by atomic mass is 10.2. The Morgan fingerprint density at radius 2 is 2.06 bits per heavy atom. The van der Waals surface area contributed by atoms with Crippen LogP contribution in [0.1, 0.15) is 25.5 Å². The zero-order chi connectivity index (χ0) is 12.3. The number of aromatic amines is 1. The van der Waals surface area contributed by atoms with Crippen molar-refractivity contribution in [3.8, 4) is 0 Å². The molecule has 0 fully saturated rings. The van der Waals surface area contributed by atoms with Gasteiger partial charge in [0.15, 0.2) is 5.16 Å². The highest BCUT2D eigenvalue weighted by Crippen LogP contribution is 2.21. The molecule has 1 N–H and O–H groups in total. The van der Waals surface area contributed by atoms with Crippen molar-refractivity contribution < 1.29 is 0 Å². The number of H-pyrrole nitrogens is 1. The van der Waals surface area contributed by atoms with E-state index in [0.717, 1.165) is 10.9 Å². The Labute approximate surface area is 104 Å². The van der Waals surface area contributed by atoms with E-state index in [4.69, 9.17) is 0 Å². The van der Waals surface area contributed by atoms with Crippen molar-refractivity contribution in [2.45, 2.75) is 30.8 Å². The summed E-state index contributed by atoms with van der Waals surface area (Å²) in [4.78, 5) is 11.5. The third-order valence-electron chi connectivity index (χ3n) is 2.40. The van der Waals surface area contributed by atoms with E-state index >= 15 is 0 Å². The van der Waals surface area contributed by atoms with E-state index in [-0.39, 0.29) is 11.7 Å². The standard InChI is InChI=1S/C12H15N3OS/c1-9(2)15-11(16)13-14-12(15)17-8-10-6-4-3-5-7-10/h3-7,9H,8H2,1-2H3,(H,13,16). The smallest absolute Gasteiger partial charge is 0.268 e. The average Bonchev–Trinajstić information content (AvgIpc) is 2.69. The van der Waals surface area contributed by atoms with Crippen LogP contribution in [0.3, 0.4) is 0 Å². The monoisotopic (exact) mass is 249 g/mol. The maximum absolute atomic E-state index is 11.5. The molecule has 0 amide bonds. The minimum atomic E-state index is -0.143. The Balaban J connectivity index is 2.12. The molecular weight excluding hydrogens is 234 g/mol. The summed E-state index contributed by atoms with van der Waals surface area (Å²) in [5.74, 6) is 0.817. The van der Waals surface area contributed by atoms with Crippen molar-refractivity contribution in [3.05, 3.63) is 46.4 Å². The van der Waals surface area contributed by atoms with Crippen LogP contribution < -0.4 is 5.69 Å². The van der Waals surface area contributed by atoms with Crippen LogP contribution in [0, 0.1) is 0 Å². The molecule has 1 aromatic heterocycles. The molecule has 0 aliphatic heterocycles. The molecule has 2 rings (SSSR count). The molecule has 4 nitrogen and oxygen atoms in total. The Morgan fingerprint density at radius 1 is 1.35 bits per heavy atom. The normalized spacial score (nSPS) is 11.0. The van der Waals surface area contributed by atoms with E-state index in [0.29, 0.717) is 0 Å². The number of aromatic nitrogens is 3. The predicted octanol–water partition coefficient (Wildman–Crippen LogP) is 2.44. The minimum absolute atomic E-state index is 0.125. The van der Waals surface area contributed by atoms with Gasteiger partial charge in [-0.05, 0) is 19.4 Å². The van der Waals surface area contributed by atoms with Gasteiger partial charge in [0.05, 0.1) is 0 Å². The maximum Gasteiger partial charge on any atom is 0.344 e. The SMILES string of the molecule is CC(C)n1c(SCc2ccccc2)n[nH]c1=O. The number of hydrogen-bond acceptors (Lipinski definition) is 3. The summed E-state index contributed by atoms with van der Waals surface area (Å²) in [6, 6.07) is 10.3. The Morgan fingerprint density at radius 3 is 2.71 bits per heavy atom. The first-order chi connectivity index (χ1) is 8.18. The summed E-state index contributed by atoms with van der Waals surface area (Å²) in [5.41, 5.74) is 1.08. The van der Waals surface area contributed by atoms with E-state index < -0.39 is 0 Å². The summed E-state index contributed by atoms with van der Waals surface area (Å²) in [6.07, 6.45) is 0.